The van der Waals surface area contributed by atoms with Gasteiger partial charge < -0.3 is 9.64 Å². The number of hydrogen-bond donors (Lipinski definition) is 0. The molecule has 0 unspecified atom stereocenters. The van der Waals surface area contributed by atoms with Crippen LogP contribution in [0.2, 0.25) is 0 Å². The third kappa shape index (κ3) is 5.92. The van der Waals surface area contributed by atoms with Crippen molar-refractivity contribution < 1.29 is 9.53 Å². The van der Waals surface area contributed by atoms with E-state index in [9.17, 15) is 4.79 Å². The molecular formula is C9H16NO2. The van der Waals surface area contributed by atoms with E-state index in [4.69, 9.17) is 4.74 Å². The molecule has 12 heavy (non-hydrogen) atoms. The maximum Gasteiger partial charge on any atom is 0.312 e. The lowest BCUT2D eigenvalue weighted by Gasteiger charge is -2.13. The number of ether oxygens (including phenoxy) is 1. The van der Waals surface area contributed by atoms with Crippen LogP contribution in [-0.4, -0.2) is 37.6 Å². The molecular weight excluding hydrogens is 154 g/mol. The molecule has 0 aliphatic carbocycles. The number of amides is 1. The highest BCUT2D eigenvalue weighted by atomic mass is 16.5. The Balaban J connectivity index is 3.31. The summed E-state index contributed by atoms with van der Waals surface area (Å²) in [5, 5.41) is 0. The minimum absolute atomic E-state index is 0.541. The van der Waals surface area contributed by atoms with Crippen LogP contribution in [0.5, 0.6) is 0 Å². The zero-order valence-corrected chi connectivity index (χ0v) is 7.58. The van der Waals surface area contributed by atoms with E-state index in [-0.39, 0.29) is 0 Å². The van der Waals surface area contributed by atoms with Gasteiger partial charge in [0.2, 0.25) is 0 Å². The normalized spacial score (nSPS) is 9.42. The maximum atomic E-state index is 10.3. The molecule has 0 aliphatic heterocycles. The van der Waals surface area contributed by atoms with Gasteiger partial charge >= 0.3 is 6.41 Å². The Morgan fingerprint density at radius 3 is 2.83 bits per heavy atom. The van der Waals surface area contributed by atoms with Gasteiger partial charge in [0.25, 0.3) is 0 Å². The smallest absolute Gasteiger partial charge is 0.312 e. The molecule has 0 fully saturated rings. The van der Waals surface area contributed by atoms with Crippen molar-refractivity contribution in [1.82, 2.24) is 4.90 Å². The lowest BCUT2D eigenvalue weighted by atomic mass is 10.5. The summed E-state index contributed by atoms with van der Waals surface area (Å²) in [4.78, 5) is 11.8. The predicted molar refractivity (Wildman–Crippen MR) is 48.6 cm³/mol. The minimum atomic E-state index is 0.541. The Morgan fingerprint density at radius 2 is 2.33 bits per heavy atom. The second-order valence-electron chi connectivity index (χ2n) is 2.44. The first-order chi connectivity index (χ1) is 5.85. The molecule has 0 saturated carbocycles. The van der Waals surface area contributed by atoms with Gasteiger partial charge in [0.05, 0.1) is 6.61 Å². The fourth-order valence-electron chi connectivity index (χ4n) is 0.751. The van der Waals surface area contributed by atoms with Crippen LogP contribution in [0, 0.1) is 0 Å². The Bertz CT molecular complexity index is 126. The summed E-state index contributed by atoms with van der Waals surface area (Å²) in [6.45, 7) is 8.04. The SMILES string of the molecule is C=CCN([C]=O)CCOCCC. The Labute approximate surface area is 74.0 Å². The molecule has 0 rings (SSSR count). The van der Waals surface area contributed by atoms with Crippen molar-refractivity contribution in [1.29, 1.82) is 0 Å². The largest absolute Gasteiger partial charge is 0.380 e. The topological polar surface area (TPSA) is 29.5 Å². The molecule has 0 aromatic rings. The number of hydrogen-bond acceptors (Lipinski definition) is 2. The lowest BCUT2D eigenvalue weighted by Crippen LogP contribution is -2.26. The molecule has 0 heterocycles. The van der Waals surface area contributed by atoms with Crippen molar-refractivity contribution in [2.45, 2.75) is 13.3 Å². The van der Waals surface area contributed by atoms with Crippen LogP contribution in [-0.2, 0) is 9.53 Å². The molecule has 0 spiro atoms. The Morgan fingerprint density at radius 1 is 1.58 bits per heavy atom. The van der Waals surface area contributed by atoms with E-state index in [0.717, 1.165) is 13.0 Å². The summed E-state index contributed by atoms with van der Waals surface area (Å²) in [5.41, 5.74) is 0. The molecule has 69 valence electrons. The van der Waals surface area contributed by atoms with Gasteiger partial charge in [0.15, 0.2) is 0 Å². The second-order valence-corrected chi connectivity index (χ2v) is 2.44. The van der Waals surface area contributed by atoms with Crippen molar-refractivity contribution in [2.75, 3.05) is 26.3 Å². The zero-order valence-electron chi connectivity index (χ0n) is 7.58. The van der Waals surface area contributed by atoms with Gasteiger partial charge in [0.1, 0.15) is 0 Å². The van der Waals surface area contributed by atoms with Crippen molar-refractivity contribution in [3.8, 4) is 0 Å². The Hall–Kier alpha value is -0.830. The van der Waals surface area contributed by atoms with Crippen LogP contribution in [0.3, 0.4) is 0 Å². The fraction of sp³-hybridized carbons (Fsp3) is 0.667. The van der Waals surface area contributed by atoms with E-state index in [1.54, 1.807) is 6.08 Å². The zero-order chi connectivity index (χ0) is 9.23. The van der Waals surface area contributed by atoms with Gasteiger partial charge in [-0.3, -0.25) is 4.79 Å². The van der Waals surface area contributed by atoms with Crippen LogP contribution in [0.25, 0.3) is 0 Å². The molecule has 3 nitrogen and oxygen atoms in total. The number of rotatable bonds is 8. The van der Waals surface area contributed by atoms with Crippen LogP contribution in [0.4, 0.5) is 0 Å². The van der Waals surface area contributed by atoms with Crippen molar-refractivity contribution in [3.63, 3.8) is 0 Å². The first-order valence-corrected chi connectivity index (χ1v) is 4.16. The maximum absolute atomic E-state index is 10.3. The molecule has 0 aliphatic rings. The van der Waals surface area contributed by atoms with Gasteiger partial charge in [-0.2, -0.15) is 0 Å². The van der Waals surface area contributed by atoms with Gasteiger partial charge in [-0.05, 0) is 6.42 Å². The third-order valence-electron chi connectivity index (χ3n) is 1.33. The van der Waals surface area contributed by atoms with Crippen LogP contribution >= 0.6 is 0 Å². The molecule has 0 aromatic carbocycles. The van der Waals surface area contributed by atoms with E-state index < -0.39 is 0 Å². The average Bonchev–Trinajstić information content (AvgIpc) is 2.10. The second kappa shape index (κ2) is 8.27. The highest BCUT2D eigenvalue weighted by molar-refractivity contribution is 5.48. The third-order valence-corrected chi connectivity index (χ3v) is 1.33. The molecule has 0 saturated heterocycles. The van der Waals surface area contributed by atoms with E-state index in [2.05, 4.69) is 6.58 Å². The van der Waals surface area contributed by atoms with Crippen LogP contribution in [0.1, 0.15) is 13.3 Å². The van der Waals surface area contributed by atoms with Gasteiger partial charge in [-0.1, -0.05) is 13.0 Å². The van der Waals surface area contributed by atoms with E-state index in [0.29, 0.717) is 19.7 Å². The molecule has 0 aromatic heterocycles. The first-order valence-electron chi connectivity index (χ1n) is 4.16. The van der Waals surface area contributed by atoms with E-state index in [1.807, 2.05) is 13.3 Å². The van der Waals surface area contributed by atoms with E-state index in [1.165, 1.54) is 4.90 Å². The highest BCUT2D eigenvalue weighted by Gasteiger charge is 1.98. The lowest BCUT2D eigenvalue weighted by molar-refractivity contribution is 0.122. The average molecular weight is 170 g/mol. The summed E-state index contributed by atoms with van der Waals surface area (Å²) in [6, 6.07) is 0. The fourth-order valence-corrected chi connectivity index (χ4v) is 0.751. The summed E-state index contributed by atoms with van der Waals surface area (Å²) >= 11 is 0. The molecule has 0 atom stereocenters. The molecule has 1 radical (unpaired) electrons. The highest BCUT2D eigenvalue weighted by Crippen LogP contribution is 1.85. The van der Waals surface area contributed by atoms with Crippen LogP contribution < -0.4 is 0 Å². The summed E-state index contributed by atoms with van der Waals surface area (Å²) in [6.07, 6.45) is 4.49. The number of carbonyl (C=O) groups excluding carboxylic acids is 1. The van der Waals surface area contributed by atoms with Gasteiger partial charge in [-0.15, -0.1) is 6.58 Å². The summed E-state index contributed by atoms with van der Waals surface area (Å²) in [5.74, 6) is 0. The summed E-state index contributed by atoms with van der Waals surface area (Å²) < 4.78 is 5.21. The monoisotopic (exact) mass is 170 g/mol. The summed E-state index contributed by atoms with van der Waals surface area (Å²) in [7, 11) is 0. The molecule has 0 N–H and O–H groups in total. The molecule has 1 amide bonds. The number of nitrogens with zero attached hydrogens (tertiary/aromatic N) is 1. The molecule has 0 bridgehead atoms. The Kier molecular flexibility index (Phi) is 7.70. The first kappa shape index (κ1) is 11.2. The van der Waals surface area contributed by atoms with Gasteiger partial charge in [-0.25, -0.2) is 0 Å². The van der Waals surface area contributed by atoms with Crippen molar-refractivity contribution >= 4 is 6.41 Å². The van der Waals surface area contributed by atoms with Crippen molar-refractivity contribution in [3.05, 3.63) is 12.7 Å². The van der Waals surface area contributed by atoms with Crippen LogP contribution in [0.15, 0.2) is 12.7 Å². The van der Waals surface area contributed by atoms with Gasteiger partial charge in [0, 0.05) is 19.7 Å². The minimum Gasteiger partial charge on any atom is -0.380 e. The standard InChI is InChI=1S/C9H16NO2/c1-3-5-10(9-11)6-8-12-7-4-2/h3H,1,4-8H2,2H3. The predicted octanol–water partition coefficient (Wildman–Crippen LogP) is 0.968. The van der Waals surface area contributed by atoms with Crippen molar-refractivity contribution in [2.24, 2.45) is 0 Å². The molecule has 3 heteroatoms. The van der Waals surface area contributed by atoms with E-state index >= 15 is 0 Å². The quantitative estimate of drug-likeness (QED) is 0.308.